The Labute approximate surface area is 149 Å². The molecule has 0 saturated carbocycles. The fourth-order valence-corrected chi connectivity index (χ4v) is 3.98. The fourth-order valence-electron chi connectivity index (χ4n) is 3.98. The molecule has 1 aliphatic heterocycles. The molecule has 1 aromatic heterocycles. The molecule has 2 aromatic carbocycles. The van der Waals surface area contributed by atoms with Crippen LogP contribution in [0.1, 0.15) is 32.3 Å². The second kappa shape index (κ2) is 6.36. The molecule has 0 aliphatic carbocycles. The lowest BCUT2D eigenvalue weighted by Crippen LogP contribution is -2.35. The Morgan fingerprint density at radius 1 is 0.960 bits per heavy atom. The number of rotatable bonds is 3. The van der Waals surface area contributed by atoms with Crippen LogP contribution in [0.5, 0.6) is 0 Å². The maximum Gasteiger partial charge on any atom is 0.121 e. The molecule has 128 valence electrons. The Morgan fingerprint density at radius 3 is 2.40 bits per heavy atom. The molecule has 0 radical (unpaired) electrons. The quantitative estimate of drug-likeness (QED) is 0.699. The molecule has 0 fully saturated rings. The Balaban J connectivity index is 2.04. The van der Waals surface area contributed by atoms with Gasteiger partial charge in [-0.2, -0.15) is 0 Å². The molecule has 0 atom stereocenters. The number of fused-ring (bicyclic) bond motifs is 5. The Bertz CT molecular complexity index is 892. The Hall–Kier alpha value is -2.62. The first kappa shape index (κ1) is 15.9. The molecule has 4 rings (SSSR count). The second-order valence-corrected chi connectivity index (χ2v) is 6.68. The largest absolute Gasteiger partial charge is 0.364 e. The lowest BCUT2D eigenvalue weighted by Gasteiger charge is -2.36. The summed E-state index contributed by atoms with van der Waals surface area (Å²) in [5.74, 6) is 0. The van der Waals surface area contributed by atoms with E-state index in [4.69, 9.17) is 0 Å². The van der Waals surface area contributed by atoms with Gasteiger partial charge < -0.3 is 4.90 Å². The third kappa shape index (κ3) is 2.53. The smallest absolute Gasteiger partial charge is 0.121 e. The summed E-state index contributed by atoms with van der Waals surface area (Å²) in [7, 11) is 1.98. The van der Waals surface area contributed by atoms with E-state index < -0.39 is 0 Å². The molecular weight excluding hydrogens is 308 g/mol. The number of hydrogen-bond acceptors (Lipinski definition) is 3. The standard InChI is InChI=1S/C21H24N4/c1-4-16(5-2)25-14-15-10-6-7-11-17(15)20-21(24(3)23-22-20)18-12-8-9-13-19(18)25/h6-13,16H,4-5,14H2,1-3H3. The number of benzene rings is 2. The molecule has 2 heterocycles. The maximum atomic E-state index is 4.50. The topological polar surface area (TPSA) is 34.0 Å². The van der Waals surface area contributed by atoms with E-state index >= 15 is 0 Å². The zero-order valence-corrected chi connectivity index (χ0v) is 15.1. The van der Waals surface area contributed by atoms with Crippen LogP contribution >= 0.6 is 0 Å². The number of para-hydroxylation sites is 1. The minimum absolute atomic E-state index is 0.511. The predicted octanol–water partition coefficient (Wildman–Crippen LogP) is 4.66. The van der Waals surface area contributed by atoms with Gasteiger partial charge >= 0.3 is 0 Å². The zero-order chi connectivity index (χ0) is 17.4. The molecular formula is C21H24N4. The van der Waals surface area contributed by atoms with Crippen molar-refractivity contribution < 1.29 is 0 Å². The Morgan fingerprint density at radius 2 is 1.64 bits per heavy atom. The van der Waals surface area contributed by atoms with Crippen molar-refractivity contribution in [2.45, 2.75) is 39.3 Å². The van der Waals surface area contributed by atoms with E-state index in [1.165, 1.54) is 22.4 Å². The van der Waals surface area contributed by atoms with E-state index in [-0.39, 0.29) is 0 Å². The van der Waals surface area contributed by atoms with E-state index in [1.807, 2.05) is 11.7 Å². The van der Waals surface area contributed by atoms with Gasteiger partial charge in [0.25, 0.3) is 0 Å². The average molecular weight is 332 g/mol. The number of hydrogen-bond donors (Lipinski definition) is 0. The maximum absolute atomic E-state index is 4.50. The van der Waals surface area contributed by atoms with Gasteiger partial charge in [-0.05, 0) is 24.5 Å². The minimum Gasteiger partial charge on any atom is -0.364 e. The molecule has 0 N–H and O–H groups in total. The van der Waals surface area contributed by atoms with E-state index in [1.54, 1.807) is 0 Å². The lowest BCUT2D eigenvalue weighted by molar-refractivity contribution is 0.555. The third-order valence-corrected chi connectivity index (χ3v) is 5.29. The number of aromatic nitrogens is 3. The van der Waals surface area contributed by atoms with E-state index in [0.717, 1.165) is 30.8 Å². The highest BCUT2D eigenvalue weighted by Crippen LogP contribution is 2.41. The number of aryl methyl sites for hydroxylation is 1. The van der Waals surface area contributed by atoms with Gasteiger partial charge in [-0.3, -0.25) is 0 Å². The van der Waals surface area contributed by atoms with Crippen LogP contribution in [-0.2, 0) is 13.6 Å². The average Bonchev–Trinajstić information content (AvgIpc) is 3.02. The molecule has 25 heavy (non-hydrogen) atoms. The van der Waals surface area contributed by atoms with Crippen LogP contribution in [0.4, 0.5) is 5.69 Å². The van der Waals surface area contributed by atoms with E-state index in [2.05, 4.69) is 77.6 Å². The van der Waals surface area contributed by atoms with Gasteiger partial charge in [-0.25, -0.2) is 4.68 Å². The fraction of sp³-hybridized carbons (Fsp3) is 0.333. The highest BCUT2D eigenvalue weighted by molar-refractivity contribution is 5.88. The first-order chi connectivity index (χ1) is 12.2. The summed E-state index contributed by atoms with van der Waals surface area (Å²) in [6, 6.07) is 17.8. The van der Waals surface area contributed by atoms with Crippen molar-refractivity contribution in [2.24, 2.45) is 7.05 Å². The summed E-state index contributed by atoms with van der Waals surface area (Å²) in [5, 5.41) is 8.84. The summed E-state index contributed by atoms with van der Waals surface area (Å²) in [6.45, 7) is 5.45. The van der Waals surface area contributed by atoms with Gasteiger partial charge in [0.2, 0.25) is 0 Å². The third-order valence-electron chi connectivity index (χ3n) is 5.29. The van der Waals surface area contributed by atoms with Crippen molar-refractivity contribution in [3.05, 3.63) is 54.1 Å². The molecule has 4 heteroatoms. The van der Waals surface area contributed by atoms with Crippen LogP contribution in [0, 0.1) is 0 Å². The normalized spacial score (nSPS) is 13.0. The number of anilines is 1. The first-order valence-corrected chi connectivity index (χ1v) is 9.08. The van der Waals surface area contributed by atoms with Crippen molar-refractivity contribution in [2.75, 3.05) is 4.90 Å². The molecule has 0 spiro atoms. The molecule has 0 amide bonds. The molecule has 0 saturated heterocycles. The molecule has 3 aromatic rings. The highest BCUT2D eigenvalue weighted by atomic mass is 15.4. The van der Waals surface area contributed by atoms with Gasteiger partial charge in [0.05, 0.1) is 5.69 Å². The van der Waals surface area contributed by atoms with Crippen LogP contribution < -0.4 is 4.90 Å². The van der Waals surface area contributed by atoms with Crippen LogP contribution in [0.2, 0.25) is 0 Å². The van der Waals surface area contributed by atoms with Crippen LogP contribution in [0.15, 0.2) is 48.5 Å². The molecule has 1 aliphatic rings. The molecule has 0 unspecified atom stereocenters. The van der Waals surface area contributed by atoms with Crippen LogP contribution in [-0.4, -0.2) is 21.0 Å². The summed E-state index contributed by atoms with van der Waals surface area (Å²) >= 11 is 0. The highest BCUT2D eigenvalue weighted by Gasteiger charge is 2.27. The molecule has 0 bridgehead atoms. The van der Waals surface area contributed by atoms with Gasteiger partial charge in [0, 0.05) is 36.4 Å². The summed E-state index contributed by atoms with van der Waals surface area (Å²) in [4.78, 5) is 2.56. The lowest BCUT2D eigenvalue weighted by atomic mass is 9.94. The van der Waals surface area contributed by atoms with Gasteiger partial charge in [-0.1, -0.05) is 61.5 Å². The second-order valence-electron chi connectivity index (χ2n) is 6.68. The Kier molecular flexibility index (Phi) is 4.04. The van der Waals surface area contributed by atoms with Gasteiger partial charge in [0.1, 0.15) is 5.69 Å². The van der Waals surface area contributed by atoms with E-state index in [9.17, 15) is 0 Å². The SMILES string of the molecule is CCC(CC)N1Cc2ccccc2-c2nnn(C)c2-c2ccccc21. The van der Waals surface area contributed by atoms with Crippen molar-refractivity contribution >= 4 is 5.69 Å². The first-order valence-electron chi connectivity index (χ1n) is 9.08. The zero-order valence-electron chi connectivity index (χ0n) is 15.1. The van der Waals surface area contributed by atoms with Crippen molar-refractivity contribution in [1.29, 1.82) is 0 Å². The van der Waals surface area contributed by atoms with Gasteiger partial charge in [-0.15, -0.1) is 5.10 Å². The van der Waals surface area contributed by atoms with Crippen LogP contribution in [0.25, 0.3) is 22.5 Å². The molecule has 4 nitrogen and oxygen atoms in total. The number of nitrogens with zero attached hydrogens (tertiary/aromatic N) is 4. The van der Waals surface area contributed by atoms with Crippen LogP contribution in [0.3, 0.4) is 0 Å². The van der Waals surface area contributed by atoms with Gasteiger partial charge in [0.15, 0.2) is 0 Å². The summed E-state index contributed by atoms with van der Waals surface area (Å²) in [5.41, 5.74) is 7.07. The van der Waals surface area contributed by atoms with Crippen molar-refractivity contribution in [1.82, 2.24) is 15.0 Å². The van der Waals surface area contributed by atoms with E-state index in [0.29, 0.717) is 6.04 Å². The summed E-state index contributed by atoms with van der Waals surface area (Å²) in [6.07, 6.45) is 2.26. The van der Waals surface area contributed by atoms with Crippen molar-refractivity contribution in [3.8, 4) is 22.5 Å². The monoisotopic (exact) mass is 332 g/mol. The predicted molar refractivity (Wildman–Crippen MR) is 102 cm³/mol. The summed E-state index contributed by atoms with van der Waals surface area (Å²) < 4.78 is 1.90. The van der Waals surface area contributed by atoms with Crippen molar-refractivity contribution in [3.63, 3.8) is 0 Å². The minimum atomic E-state index is 0.511.